The van der Waals surface area contributed by atoms with E-state index in [1.807, 2.05) is 56.3 Å². The normalized spacial score (nSPS) is 11.8. The van der Waals surface area contributed by atoms with Gasteiger partial charge in [-0.3, -0.25) is 9.59 Å². The second-order valence-electron chi connectivity index (χ2n) is 7.73. The van der Waals surface area contributed by atoms with E-state index in [0.29, 0.717) is 30.6 Å². The summed E-state index contributed by atoms with van der Waals surface area (Å²) in [4.78, 5) is 27.0. The molecule has 0 heterocycles. The van der Waals surface area contributed by atoms with Gasteiger partial charge in [-0.1, -0.05) is 50.2 Å². The molecular weight excluding hydrogens is 362 g/mol. The lowest BCUT2D eigenvalue weighted by Gasteiger charge is -2.22. The molecule has 0 radical (unpaired) electrons. The van der Waals surface area contributed by atoms with Gasteiger partial charge < -0.3 is 15.5 Å². The fraction of sp³-hybridized carbons (Fsp3) is 0.417. The molecule has 0 fully saturated rings. The van der Waals surface area contributed by atoms with Crippen molar-refractivity contribution in [3.8, 4) is 0 Å². The summed E-state index contributed by atoms with van der Waals surface area (Å²) in [6, 6.07) is 15.8. The first kappa shape index (κ1) is 22.5. The molecule has 2 aromatic carbocycles. The fourth-order valence-corrected chi connectivity index (χ4v) is 2.99. The number of amides is 2. The first-order valence-corrected chi connectivity index (χ1v) is 10.3. The number of nitrogens with zero attached hydrogens (tertiary/aromatic N) is 1. The molecule has 0 bridgehead atoms. The van der Waals surface area contributed by atoms with E-state index in [1.165, 1.54) is 0 Å². The van der Waals surface area contributed by atoms with Gasteiger partial charge in [0, 0.05) is 30.4 Å². The quantitative estimate of drug-likeness (QED) is 0.668. The van der Waals surface area contributed by atoms with Crippen LogP contribution in [-0.4, -0.2) is 35.8 Å². The lowest BCUT2D eigenvalue weighted by atomic mass is 10.0. The van der Waals surface area contributed by atoms with Crippen LogP contribution in [0.2, 0.25) is 0 Å². The molecule has 0 saturated carbocycles. The van der Waals surface area contributed by atoms with Crippen molar-refractivity contribution in [2.24, 2.45) is 5.92 Å². The van der Waals surface area contributed by atoms with Gasteiger partial charge >= 0.3 is 0 Å². The third-order valence-electron chi connectivity index (χ3n) is 5.31. The molecule has 1 unspecified atom stereocenters. The van der Waals surface area contributed by atoms with Crippen molar-refractivity contribution in [1.29, 1.82) is 0 Å². The zero-order chi connectivity index (χ0) is 21.4. The number of carbonyl (C=O) groups is 2. The zero-order valence-electron chi connectivity index (χ0n) is 18.2. The van der Waals surface area contributed by atoms with Crippen LogP contribution in [0.3, 0.4) is 0 Å². The lowest BCUT2D eigenvalue weighted by molar-refractivity contribution is -0.130. The summed E-state index contributed by atoms with van der Waals surface area (Å²) in [7, 11) is 0. The average Bonchev–Trinajstić information content (AvgIpc) is 2.72. The first-order chi connectivity index (χ1) is 13.8. The Morgan fingerprint density at radius 1 is 1.00 bits per heavy atom. The Bertz CT molecular complexity index is 818. The van der Waals surface area contributed by atoms with Crippen LogP contribution in [-0.2, 0) is 11.3 Å². The van der Waals surface area contributed by atoms with Gasteiger partial charge in [0.05, 0.1) is 6.54 Å². The topological polar surface area (TPSA) is 61.4 Å². The van der Waals surface area contributed by atoms with Crippen molar-refractivity contribution >= 4 is 17.5 Å². The molecular formula is C24H33N3O2. The molecule has 0 aliphatic carbocycles. The van der Waals surface area contributed by atoms with Gasteiger partial charge in [-0.25, -0.2) is 0 Å². The van der Waals surface area contributed by atoms with E-state index in [1.54, 1.807) is 11.0 Å². The highest BCUT2D eigenvalue weighted by Crippen LogP contribution is 2.21. The van der Waals surface area contributed by atoms with E-state index in [-0.39, 0.29) is 18.4 Å². The zero-order valence-corrected chi connectivity index (χ0v) is 18.2. The summed E-state index contributed by atoms with van der Waals surface area (Å²) < 4.78 is 0. The van der Waals surface area contributed by atoms with Crippen LogP contribution < -0.4 is 10.6 Å². The summed E-state index contributed by atoms with van der Waals surface area (Å²) >= 11 is 0. The molecule has 2 aromatic rings. The van der Waals surface area contributed by atoms with Crippen molar-refractivity contribution in [3.63, 3.8) is 0 Å². The summed E-state index contributed by atoms with van der Waals surface area (Å²) in [5.74, 6) is 0.159. The number of benzene rings is 2. The molecule has 0 spiro atoms. The van der Waals surface area contributed by atoms with Crippen molar-refractivity contribution in [3.05, 3.63) is 65.2 Å². The van der Waals surface area contributed by atoms with E-state index in [2.05, 4.69) is 31.4 Å². The molecule has 0 saturated heterocycles. The van der Waals surface area contributed by atoms with Crippen molar-refractivity contribution in [2.75, 3.05) is 18.4 Å². The largest absolute Gasteiger partial charge is 0.382 e. The van der Waals surface area contributed by atoms with Gasteiger partial charge in [0.1, 0.15) is 0 Å². The van der Waals surface area contributed by atoms with E-state index in [0.717, 1.165) is 16.8 Å². The molecule has 156 valence electrons. The summed E-state index contributed by atoms with van der Waals surface area (Å²) in [5.41, 5.74) is 3.50. The highest BCUT2D eigenvalue weighted by molar-refractivity contribution is 5.98. The Morgan fingerprint density at radius 3 is 2.31 bits per heavy atom. The van der Waals surface area contributed by atoms with Crippen LogP contribution >= 0.6 is 0 Å². The number of rotatable bonds is 9. The van der Waals surface area contributed by atoms with Crippen molar-refractivity contribution in [2.45, 2.75) is 47.2 Å². The van der Waals surface area contributed by atoms with Crippen molar-refractivity contribution < 1.29 is 9.59 Å². The number of hydrogen-bond acceptors (Lipinski definition) is 3. The minimum atomic E-state index is -0.229. The van der Waals surface area contributed by atoms with E-state index in [9.17, 15) is 9.59 Å². The number of anilines is 1. The summed E-state index contributed by atoms with van der Waals surface area (Å²) in [6.45, 7) is 11.4. The van der Waals surface area contributed by atoms with Gasteiger partial charge in [0.25, 0.3) is 5.91 Å². The maximum atomic E-state index is 12.7. The third kappa shape index (κ3) is 6.34. The molecule has 0 aliphatic heterocycles. The van der Waals surface area contributed by atoms with Gasteiger partial charge in [-0.05, 0) is 49.9 Å². The maximum absolute atomic E-state index is 12.7. The van der Waals surface area contributed by atoms with Gasteiger partial charge in [-0.15, -0.1) is 0 Å². The average molecular weight is 396 g/mol. The maximum Gasteiger partial charge on any atom is 0.252 e. The number of nitrogens with one attached hydrogen (secondary N) is 2. The van der Waals surface area contributed by atoms with Crippen LogP contribution in [0, 0.1) is 12.8 Å². The Morgan fingerprint density at radius 2 is 1.69 bits per heavy atom. The van der Waals surface area contributed by atoms with E-state index >= 15 is 0 Å². The minimum absolute atomic E-state index is 0.0149. The van der Waals surface area contributed by atoms with Gasteiger partial charge in [0.15, 0.2) is 0 Å². The first-order valence-electron chi connectivity index (χ1n) is 10.3. The molecule has 2 amide bonds. The van der Waals surface area contributed by atoms with E-state index in [4.69, 9.17) is 0 Å². The molecule has 0 aliphatic rings. The van der Waals surface area contributed by atoms with Crippen molar-refractivity contribution in [1.82, 2.24) is 10.2 Å². The third-order valence-corrected chi connectivity index (χ3v) is 5.31. The van der Waals surface area contributed by atoms with Crippen LogP contribution in [0.1, 0.15) is 49.2 Å². The van der Waals surface area contributed by atoms with Crippen LogP contribution in [0.4, 0.5) is 5.69 Å². The molecule has 5 nitrogen and oxygen atoms in total. The van der Waals surface area contributed by atoms with Gasteiger partial charge in [0.2, 0.25) is 5.91 Å². The summed E-state index contributed by atoms with van der Waals surface area (Å²) in [6.07, 6.45) is 0. The lowest BCUT2D eigenvalue weighted by Crippen LogP contribution is -2.40. The molecule has 1 atom stereocenters. The predicted molar refractivity (Wildman–Crippen MR) is 119 cm³/mol. The number of likely N-dealkylation sites (N-methyl/N-ethyl adjacent to an activating group) is 1. The fourth-order valence-electron chi connectivity index (χ4n) is 2.99. The second-order valence-corrected chi connectivity index (χ2v) is 7.73. The molecule has 5 heteroatoms. The smallest absolute Gasteiger partial charge is 0.252 e. The standard InChI is InChI=1S/C24H33N3O2/c1-6-27(16-20-11-8-7-9-12-20)23(28)15-25-24(29)21-13-10-14-22(18(21)4)26-19(5)17(2)3/h7-14,17,19,26H,6,15-16H2,1-5H3,(H,25,29). The second kappa shape index (κ2) is 10.6. The van der Waals surface area contributed by atoms with Crippen LogP contribution in [0.15, 0.2) is 48.5 Å². The summed E-state index contributed by atoms with van der Waals surface area (Å²) in [5, 5.41) is 6.25. The van der Waals surface area contributed by atoms with E-state index < -0.39 is 0 Å². The Kier molecular flexibility index (Phi) is 8.25. The van der Waals surface area contributed by atoms with Crippen LogP contribution in [0.25, 0.3) is 0 Å². The molecule has 29 heavy (non-hydrogen) atoms. The highest BCUT2D eigenvalue weighted by atomic mass is 16.2. The molecule has 0 aromatic heterocycles. The Hall–Kier alpha value is -2.82. The Balaban J connectivity index is 2.00. The van der Waals surface area contributed by atoms with Crippen LogP contribution in [0.5, 0.6) is 0 Å². The monoisotopic (exact) mass is 395 g/mol. The molecule has 2 rings (SSSR count). The van der Waals surface area contributed by atoms with Gasteiger partial charge in [-0.2, -0.15) is 0 Å². The Labute approximate surface area is 174 Å². The number of hydrogen-bond donors (Lipinski definition) is 2. The predicted octanol–water partition coefficient (Wildman–Crippen LogP) is 4.23. The SMILES string of the molecule is CCN(Cc1ccccc1)C(=O)CNC(=O)c1cccc(NC(C)C(C)C)c1C. The number of carbonyl (C=O) groups excluding carboxylic acids is 2. The molecule has 2 N–H and O–H groups in total. The highest BCUT2D eigenvalue weighted by Gasteiger charge is 2.17. The minimum Gasteiger partial charge on any atom is -0.382 e.